The molecule has 3 aliphatic rings. The van der Waals surface area contributed by atoms with Crippen molar-refractivity contribution in [2.45, 2.75) is 23.5 Å². The number of halogens is 1. The summed E-state index contributed by atoms with van der Waals surface area (Å²) in [7, 11) is 1.77. The van der Waals surface area contributed by atoms with Crippen LogP contribution in [-0.4, -0.2) is 79.4 Å². The number of nitrogen functional groups attached to an aromatic ring is 2. The Morgan fingerprint density at radius 1 is 1.29 bits per heavy atom. The quantitative estimate of drug-likeness (QED) is 0.394. The number of ether oxygens (including phenoxy) is 2. The average molecular weight is 598 g/mol. The van der Waals surface area contributed by atoms with Gasteiger partial charge in [0, 0.05) is 67.7 Å². The van der Waals surface area contributed by atoms with Gasteiger partial charge in [-0.3, -0.25) is 4.90 Å². The van der Waals surface area contributed by atoms with Gasteiger partial charge >= 0.3 is 6.01 Å². The maximum atomic E-state index is 16.3. The molecule has 6 heterocycles. The first-order chi connectivity index (χ1) is 19.8. The number of nitrogens with zero attached hydrogens (tertiary/aromatic N) is 7. The molecule has 14 heteroatoms. The van der Waals surface area contributed by atoms with E-state index in [-0.39, 0.29) is 28.4 Å². The first-order valence-corrected chi connectivity index (χ1v) is 15.3. The number of morpholine rings is 1. The van der Waals surface area contributed by atoms with Crippen LogP contribution in [0.25, 0.3) is 0 Å². The van der Waals surface area contributed by atoms with Crippen molar-refractivity contribution < 1.29 is 13.9 Å². The number of rotatable bonds is 8. The first-order valence-electron chi connectivity index (χ1n) is 13.5. The summed E-state index contributed by atoms with van der Waals surface area (Å²) >= 11 is 3.25. The lowest BCUT2D eigenvalue weighted by Crippen LogP contribution is -2.57. The highest BCUT2D eigenvalue weighted by atomic mass is 32.2. The van der Waals surface area contributed by atoms with E-state index in [0.29, 0.717) is 55.8 Å². The normalized spacial score (nSPS) is 18.5. The van der Waals surface area contributed by atoms with E-state index < -0.39 is 5.82 Å². The van der Waals surface area contributed by atoms with Crippen LogP contribution in [0.15, 0.2) is 18.3 Å². The molecular weight excluding hydrogens is 565 g/mol. The van der Waals surface area contributed by atoms with Crippen LogP contribution >= 0.6 is 23.1 Å². The third-order valence-corrected chi connectivity index (χ3v) is 10.7. The number of anilines is 4. The molecule has 0 saturated carbocycles. The minimum absolute atomic E-state index is 0.112. The van der Waals surface area contributed by atoms with Crippen LogP contribution in [0.3, 0.4) is 0 Å². The Morgan fingerprint density at radius 3 is 2.80 bits per heavy atom. The highest BCUT2D eigenvalue weighted by Gasteiger charge is 2.53. The molecule has 6 rings (SSSR count). The van der Waals surface area contributed by atoms with Crippen molar-refractivity contribution in [2.75, 3.05) is 80.9 Å². The Morgan fingerprint density at radius 2 is 2.07 bits per heavy atom. The zero-order chi connectivity index (χ0) is 28.7. The summed E-state index contributed by atoms with van der Waals surface area (Å²) in [6.45, 7) is 7.05. The van der Waals surface area contributed by atoms with Gasteiger partial charge in [0.1, 0.15) is 23.5 Å². The number of hydrogen-bond donors (Lipinski definition) is 2. The minimum Gasteiger partial charge on any atom is -0.462 e. The monoisotopic (exact) mass is 597 g/mol. The molecule has 3 aliphatic heterocycles. The lowest BCUT2D eigenvalue weighted by atomic mass is 9.88. The van der Waals surface area contributed by atoms with Crippen molar-refractivity contribution in [3.05, 3.63) is 45.7 Å². The summed E-state index contributed by atoms with van der Waals surface area (Å²) in [5, 5.41) is 10.3. The van der Waals surface area contributed by atoms with Gasteiger partial charge in [-0.1, -0.05) is 6.07 Å². The first kappa shape index (κ1) is 27.8. The molecule has 1 spiro atoms. The fourth-order valence-electron chi connectivity index (χ4n) is 5.62. The Hall–Kier alpha value is -3.38. The molecule has 0 radical (unpaired) electrons. The smallest absolute Gasteiger partial charge is 0.320 e. The SMILES string of the molecule is C[C@H](c1cccnc1N)N(C)c1nc(OCCN2CCOCC2)nc(N2CC3(C2)SCc2sc(N)c(C#N)c23)c1F. The van der Waals surface area contributed by atoms with Gasteiger partial charge < -0.3 is 30.7 Å². The van der Waals surface area contributed by atoms with Gasteiger partial charge in [0.2, 0.25) is 5.82 Å². The van der Waals surface area contributed by atoms with Crippen molar-refractivity contribution in [3.63, 3.8) is 0 Å². The third kappa shape index (κ3) is 5.01. The van der Waals surface area contributed by atoms with Crippen molar-refractivity contribution in [1.29, 1.82) is 5.26 Å². The molecule has 2 saturated heterocycles. The second kappa shape index (κ2) is 11.1. The Balaban J connectivity index is 1.29. The van der Waals surface area contributed by atoms with E-state index in [9.17, 15) is 5.26 Å². The zero-order valence-corrected chi connectivity index (χ0v) is 24.6. The second-order valence-electron chi connectivity index (χ2n) is 10.4. The molecule has 41 heavy (non-hydrogen) atoms. The van der Waals surface area contributed by atoms with E-state index in [1.165, 1.54) is 11.3 Å². The number of thioether (sulfide) groups is 1. The Kier molecular flexibility index (Phi) is 7.54. The fraction of sp³-hybridized carbons (Fsp3) is 0.481. The van der Waals surface area contributed by atoms with Gasteiger partial charge in [-0.2, -0.15) is 19.6 Å². The minimum atomic E-state index is -0.536. The van der Waals surface area contributed by atoms with E-state index in [1.807, 2.05) is 17.9 Å². The fourth-order valence-corrected chi connectivity index (χ4v) is 8.42. The van der Waals surface area contributed by atoms with Crippen molar-refractivity contribution in [1.82, 2.24) is 19.9 Å². The summed E-state index contributed by atoms with van der Waals surface area (Å²) in [5.74, 6) is 0.928. The molecule has 11 nitrogen and oxygen atoms in total. The van der Waals surface area contributed by atoms with Crippen molar-refractivity contribution >= 4 is 45.6 Å². The number of pyridine rings is 1. The summed E-state index contributed by atoms with van der Waals surface area (Å²) < 4.78 is 27.4. The molecule has 0 bridgehead atoms. The maximum Gasteiger partial charge on any atom is 0.320 e. The molecule has 3 aromatic rings. The lowest BCUT2D eigenvalue weighted by molar-refractivity contribution is 0.0317. The largest absolute Gasteiger partial charge is 0.462 e. The van der Waals surface area contributed by atoms with Crippen LogP contribution in [0.5, 0.6) is 6.01 Å². The Labute approximate surface area is 246 Å². The summed E-state index contributed by atoms with van der Waals surface area (Å²) in [6.07, 6.45) is 1.63. The number of nitrogens with two attached hydrogens (primary N) is 2. The summed E-state index contributed by atoms with van der Waals surface area (Å²) in [5.41, 5.74) is 14.6. The number of fused-ring (bicyclic) bond motifs is 2. The van der Waals surface area contributed by atoms with E-state index in [4.69, 9.17) is 20.9 Å². The van der Waals surface area contributed by atoms with Crippen LogP contribution in [0.2, 0.25) is 0 Å². The lowest BCUT2D eigenvalue weighted by Gasteiger charge is -2.48. The van der Waals surface area contributed by atoms with E-state index in [2.05, 4.69) is 25.9 Å². The molecule has 0 aliphatic carbocycles. The summed E-state index contributed by atoms with van der Waals surface area (Å²) in [4.78, 5) is 20.2. The topological polar surface area (TPSA) is 143 Å². The van der Waals surface area contributed by atoms with Crippen LogP contribution in [0.1, 0.15) is 34.5 Å². The summed E-state index contributed by atoms with van der Waals surface area (Å²) in [6, 6.07) is 5.75. The van der Waals surface area contributed by atoms with Gasteiger partial charge in [-0.25, -0.2) is 4.98 Å². The van der Waals surface area contributed by atoms with Gasteiger partial charge in [-0.05, 0) is 13.0 Å². The molecule has 2 fully saturated rings. The molecule has 0 amide bonds. The number of nitriles is 1. The van der Waals surface area contributed by atoms with Crippen molar-refractivity contribution in [2.24, 2.45) is 0 Å². The van der Waals surface area contributed by atoms with Gasteiger partial charge in [0.25, 0.3) is 0 Å². The maximum absolute atomic E-state index is 16.3. The standard InChI is InChI=1S/C27H32FN9O2S2/c1-16(17-4-3-5-32-22(17)30)35(2)24-21(28)25(34-26(33-24)39-11-8-36-6-9-38-10-7-36)37-14-27(15-37)20-18(12-29)23(31)41-19(20)13-40-27/h3-5,16H,6-11,13-15,31H2,1-2H3,(H2,30,32)/t16-/m1/s1. The highest BCUT2D eigenvalue weighted by Crippen LogP contribution is 2.58. The van der Waals surface area contributed by atoms with Gasteiger partial charge in [0.15, 0.2) is 11.6 Å². The van der Waals surface area contributed by atoms with E-state index >= 15 is 4.39 Å². The number of aromatic nitrogens is 3. The van der Waals surface area contributed by atoms with Crippen LogP contribution < -0.4 is 26.0 Å². The highest BCUT2D eigenvalue weighted by molar-refractivity contribution is 8.00. The zero-order valence-electron chi connectivity index (χ0n) is 23.0. The predicted molar refractivity (Wildman–Crippen MR) is 159 cm³/mol. The Bertz CT molecular complexity index is 1480. The van der Waals surface area contributed by atoms with E-state index in [1.54, 1.807) is 36.0 Å². The third-order valence-electron chi connectivity index (χ3n) is 8.02. The van der Waals surface area contributed by atoms with Crippen LogP contribution in [-0.2, 0) is 15.2 Å². The van der Waals surface area contributed by atoms with Gasteiger partial charge in [0.05, 0.1) is 29.6 Å². The average Bonchev–Trinajstić information content (AvgIpc) is 3.48. The molecule has 1 atom stereocenters. The molecule has 3 aromatic heterocycles. The predicted octanol–water partition coefficient (Wildman–Crippen LogP) is 2.98. The molecule has 0 unspecified atom stereocenters. The van der Waals surface area contributed by atoms with Crippen LogP contribution in [0.4, 0.5) is 26.8 Å². The number of hydrogen-bond acceptors (Lipinski definition) is 13. The molecule has 4 N–H and O–H groups in total. The number of thiophene rings is 1. The van der Waals surface area contributed by atoms with E-state index in [0.717, 1.165) is 34.8 Å². The van der Waals surface area contributed by atoms with Crippen molar-refractivity contribution in [3.8, 4) is 12.1 Å². The molecule has 216 valence electrons. The second-order valence-corrected chi connectivity index (χ2v) is 12.9. The molecule has 0 aromatic carbocycles. The van der Waals surface area contributed by atoms with Crippen LogP contribution in [0, 0.1) is 17.1 Å². The van der Waals surface area contributed by atoms with Gasteiger partial charge in [-0.15, -0.1) is 23.1 Å². The molecular formula is C27H32FN9O2S2.